The van der Waals surface area contributed by atoms with Crippen molar-refractivity contribution in [1.29, 1.82) is 0 Å². The highest BCUT2D eigenvalue weighted by Crippen LogP contribution is 2.73. The van der Waals surface area contributed by atoms with Gasteiger partial charge in [-0.3, -0.25) is 9.69 Å². The van der Waals surface area contributed by atoms with Crippen molar-refractivity contribution in [2.75, 3.05) is 33.4 Å². The molecular formula is C32H40N2O5. The number of methoxy groups -OCH3 is 1. The first-order chi connectivity index (χ1) is 19.0. The fourth-order valence-electron chi connectivity index (χ4n) is 10.4. The van der Waals surface area contributed by atoms with Gasteiger partial charge in [-0.25, -0.2) is 0 Å². The highest BCUT2D eigenvalue weighted by Gasteiger charge is 2.77. The summed E-state index contributed by atoms with van der Waals surface area (Å²) >= 11 is 0. The molecule has 0 radical (unpaired) electrons. The van der Waals surface area contributed by atoms with Crippen LogP contribution in [0, 0.1) is 11.3 Å². The molecule has 4 bridgehead atoms. The van der Waals surface area contributed by atoms with E-state index in [9.17, 15) is 9.90 Å². The van der Waals surface area contributed by atoms with Gasteiger partial charge >= 0.3 is 0 Å². The van der Waals surface area contributed by atoms with E-state index in [4.69, 9.17) is 14.2 Å². The number of aliphatic hydroxyl groups is 1. The SMILES string of the molecule is COc1ccc2c3c1O[C@H]1[C@@]4(CC/C4=C\C(=O)N4C5CCC4COC5)CC[C@@]4(O)[C@H](C2)N(CC2CC2)CC[C@]314. The molecule has 1 aromatic rings. The van der Waals surface area contributed by atoms with Crippen LogP contribution in [0.4, 0.5) is 0 Å². The zero-order chi connectivity index (χ0) is 26.1. The number of hydrogen-bond donors (Lipinski definition) is 1. The van der Waals surface area contributed by atoms with Gasteiger partial charge in [0.15, 0.2) is 11.5 Å². The van der Waals surface area contributed by atoms with Crippen LogP contribution < -0.4 is 9.47 Å². The third kappa shape index (κ3) is 2.82. The van der Waals surface area contributed by atoms with Crippen molar-refractivity contribution < 1.29 is 24.1 Å². The van der Waals surface area contributed by atoms with Gasteiger partial charge in [-0.2, -0.15) is 0 Å². The van der Waals surface area contributed by atoms with Crippen LogP contribution in [-0.4, -0.2) is 84.1 Å². The Morgan fingerprint density at radius 2 is 1.95 bits per heavy atom. The number of nitrogens with zero attached hydrogens (tertiary/aromatic N) is 2. The van der Waals surface area contributed by atoms with Gasteiger partial charge in [-0.05, 0) is 88.3 Å². The van der Waals surface area contributed by atoms with E-state index in [-0.39, 0.29) is 35.6 Å². The van der Waals surface area contributed by atoms with Crippen LogP contribution in [-0.2, 0) is 21.4 Å². The number of benzene rings is 1. The van der Waals surface area contributed by atoms with E-state index < -0.39 is 11.0 Å². The Morgan fingerprint density at radius 1 is 1.13 bits per heavy atom. The van der Waals surface area contributed by atoms with E-state index in [0.717, 1.165) is 81.9 Å². The fourth-order valence-corrected chi connectivity index (χ4v) is 10.4. The lowest BCUT2D eigenvalue weighted by Crippen LogP contribution is -2.78. The summed E-state index contributed by atoms with van der Waals surface area (Å²) in [7, 11) is 1.72. The zero-order valence-corrected chi connectivity index (χ0v) is 23.0. The second kappa shape index (κ2) is 7.80. The summed E-state index contributed by atoms with van der Waals surface area (Å²) in [5.41, 5.74) is 2.32. The average molecular weight is 533 g/mol. The highest BCUT2D eigenvalue weighted by molar-refractivity contribution is 5.90. The van der Waals surface area contributed by atoms with Crippen LogP contribution in [0.15, 0.2) is 23.8 Å². The number of morpholine rings is 1. The standard InChI is InChI=1S/C32H40N2O5/c1-37-24-7-4-20-14-25-32(36)11-10-30(9-8-21(30)15-26(35)34-22-5-6-23(34)18-38-17-22)29-31(32,27(20)28(24)39-29)12-13-33(25)16-19-2-3-19/h4,7,15,19,22-23,25,29,36H,2-3,5-6,8-14,16-18H2,1H3/b21-15+/t22?,23?,25-,29-,30-,31-,32+/m0/s1. The lowest BCUT2D eigenvalue weighted by Gasteiger charge is -2.68. The lowest BCUT2D eigenvalue weighted by atomic mass is 9.40. The molecule has 9 rings (SSSR count). The Morgan fingerprint density at radius 3 is 2.67 bits per heavy atom. The summed E-state index contributed by atoms with van der Waals surface area (Å²) in [5, 5.41) is 12.9. The summed E-state index contributed by atoms with van der Waals surface area (Å²) in [5.74, 6) is 2.59. The van der Waals surface area contributed by atoms with Crippen molar-refractivity contribution in [3.05, 3.63) is 34.9 Å². The minimum atomic E-state index is -0.825. The Bertz CT molecular complexity index is 1280. The maximum Gasteiger partial charge on any atom is 0.247 e. The molecule has 7 heteroatoms. The molecule has 4 heterocycles. The van der Waals surface area contributed by atoms with E-state index in [2.05, 4.69) is 21.9 Å². The number of ether oxygens (including phenoxy) is 3. The predicted octanol–water partition coefficient (Wildman–Crippen LogP) is 3.36. The number of rotatable bonds is 4. The van der Waals surface area contributed by atoms with Gasteiger partial charge in [0.1, 0.15) is 6.10 Å². The molecule has 4 aliphatic heterocycles. The van der Waals surface area contributed by atoms with Crippen molar-refractivity contribution in [2.45, 2.75) is 99.5 Å². The van der Waals surface area contributed by atoms with Crippen LogP contribution in [0.5, 0.6) is 11.5 Å². The number of likely N-dealkylation sites (tertiary alicyclic amines) is 1. The Labute approximate surface area is 230 Å². The van der Waals surface area contributed by atoms with Gasteiger partial charge < -0.3 is 24.2 Å². The number of carbonyl (C=O) groups excluding carboxylic acids is 1. The Balaban J connectivity index is 1.14. The van der Waals surface area contributed by atoms with Crippen LogP contribution in [0.1, 0.15) is 68.9 Å². The van der Waals surface area contributed by atoms with E-state index in [1.54, 1.807) is 7.11 Å². The molecule has 3 saturated carbocycles. The van der Waals surface area contributed by atoms with E-state index in [1.165, 1.54) is 29.5 Å². The lowest BCUT2D eigenvalue weighted by molar-refractivity contribution is -0.218. The van der Waals surface area contributed by atoms with Gasteiger partial charge in [-0.15, -0.1) is 0 Å². The third-order valence-corrected chi connectivity index (χ3v) is 12.4. The van der Waals surface area contributed by atoms with Crippen LogP contribution >= 0.6 is 0 Å². The minimum Gasteiger partial charge on any atom is -0.493 e. The van der Waals surface area contributed by atoms with E-state index in [0.29, 0.717) is 13.2 Å². The van der Waals surface area contributed by atoms with E-state index in [1.807, 2.05) is 6.08 Å². The van der Waals surface area contributed by atoms with Crippen LogP contribution in [0.25, 0.3) is 0 Å². The van der Waals surface area contributed by atoms with Crippen molar-refractivity contribution in [3.8, 4) is 11.5 Å². The normalized spacial score (nSPS) is 44.3. The van der Waals surface area contributed by atoms with Crippen molar-refractivity contribution in [1.82, 2.24) is 9.80 Å². The molecule has 1 N–H and O–H groups in total. The molecular weight excluding hydrogens is 492 g/mol. The maximum atomic E-state index is 13.7. The molecule has 3 saturated heterocycles. The molecule has 1 amide bonds. The van der Waals surface area contributed by atoms with Crippen molar-refractivity contribution in [2.24, 2.45) is 11.3 Å². The molecule has 0 aromatic heterocycles. The highest BCUT2D eigenvalue weighted by atomic mass is 16.5. The monoisotopic (exact) mass is 532 g/mol. The second-order valence-electron chi connectivity index (χ2n) is 13.9. The molecule has 39 heavy (non-hydrogen) atoms. The van der Waals surface area contributed by atoms with Gasteiger partial charge in [0, 0.05) is 29.6 Å². The maximum absolute atomic E-state index is 13.7. The molecule has 8 aliphatic rings. The first kappa shape index (κ1) is 23.6. The summed E-state index contributed by atoms with van der Waals surface area (Å²) in [6.45, 7) is 3.44. The van der Waals surface area contributed by atoms with Crippen molar-refractivity contribution in [3.63, 3.8) is 0 Å². The van der Waals surface area contributed by atoms with Gasteiger partial charge in [0.05, 0.1) is 43.4 Å². The van der Waals surface area contributed by atoms with Crippen LogP contribution in [0.3, 0.4) is 0 Å². The fraction of sp³-hybridized carbons (Fsp3) is 0.719. The van der Waals surface area contributed by atoms with E-state index >= 15 is 0 Å². The first-order valence-electron chi connectivity index (χ1n) is 15.4. The van der Waals surface area contributed by atoms with Crippen molar-refractivity contribution >= 4 is 5.91 Å². The summed E-state index contributed by atoms with van der Waals surface area (Å²) < 4.78 is 18.7. The molecule has 7 nitrogen and oxygen atoms in total. The smallest absolute Gasteiger partial charge is 0.247 e. The number of hydrogen-bond acceptors (Lipinski definition) is 6. The first-order valence-corrected chi connectivity index (χ1v) is 15.4. The third-order valence-electron chi connectivity index (χ3n) is 12.4. The molecule has 208 valence electrons. The molecule has 2 unspecified atom stereocenters. The van der Waals surface area contributed by atoms with Gasteiger partial charge in [-0.1, -0.05) is 11.6 Å². The summed E-state index contributed by atoms with van der Waals surface area (Å²) in [4.78, 5) is 18.5. The zero-order valence-electron chi connectivity index (χ0n) is 23.0. The molecule has 1 aromatic carbocycles. The molecule has 2 spiro atoms. The Kier molecular flexibility index (Phi) is 4.72. The molecule has 6 fully saturated rings. The number of piperidine rings is 1. The molecule has 7 atom stereocenters. The number of amides is 1. The molecule has 4 aliphatic carbocycles. The van der Waals surface area contributed by atoms with Gasteiger partial charge in [0.2, 0.25) is 5.91 Å². The minimum absolute atomic E-state index is 0.125. The number of fused-ring (bicyclic) bond motifs is 3. The summed E-state index contributed by atoms with van der Waals surface area (Å²) in [6, 6.07) is 4.85. The predicted molar refractivity (Wildman–Crippen MR) is 144 cm³/mol. The second-order valence-corrected chi connectivity index (χ2v) is 13.9. The summed E-state index contributed by atoms with van der Waals surface area (Å²) in [6.07, 6.45) is 12.0. The topological polar surface area (TPSA) is 71.5 Å². The van der Waals surface area contributed by atoms with Crippen LogP contribution in [0.2, 0.25) is 0 Å². The van der Waals surface area contributed by atoms with Gasteiger partial charge in [0.25, 0.3) is 0 Å². The number of carbonyl (C=O) groups is 1. The quantitative estimate of drug-likeness (QED) is 0.600. The Hall–Kier alpha value is -2.09. The largest absolute Gasteiger partial charge is 0.493 e. The average Bonchev–Trinajstić information content (AvgIpc) is 3.62.